The molecule has 0 atom stereocenters. The van der Waals surface area contributed by atoms with Crippen LogP contribution >= 0.6 is 63.7 Å². The Labute approximate surface area is 563 Å². The molecule has 89 heavy (non-hydrogen) atoms. The van der Waals surface area contributed by atoms with Crippen LogP contribution in [-0.2, 0) is 0 Å². The van der Waals surface area contributed by atoms with Gasteiger partial charge in [0, 0.05) is 0 Å². The minimum absolute atomic E-state index is 1.05. The molecule has 12 rings (SSSR count). The zero-order valence-corrected chi connectivity index (χ0v) is 59.2. The van der Waals surface area contributed by atoms with Gasteiger partial charge >= 0.3 is 569 Å². The van der Waals surface area contributed by atoms with E-state index >= 15 is 0 Å². The standard InChI is InChI=1S/4C21H16Br.Sn/c4*1-16-7-9-17(10-8-16)15-21(18-5-3-2-4-6-18)19-11-13-20(22)14-12-19;/h4*3-15H,1H3;/b4*21-15+;. The molecule has 12 aromatic rings. The van der Waals surface area contributed by atoms with Crippen molar-refractivity contribution in [3.05, 3.63) is 398 Å². The summed E-state index contributed by atoms with van der Waals surface area (Å²) in [6.07, 6.45) is 9.32. The van der Waals surface area contributed by atoms with Crippen LogP contribution in [0.3, 0.4) is 0 Å². The Morgan fingerprint density at radius 3 is 0.506 bits per heavy atom. The molecule has 0 saturated heterocycles. The quantitative estimate of drug-likeness (QED) is 0.0668. The van der Waals surface area contributed by atoms with Crippen molar-refractivity contribution < 1.29 is 0 Å². The number of benzene rings is 12. The van der Waals surface area contributed by atoms with Crippen molar-refractivity contribution in [2.24, 2.45) is 0 Å². The fraction of sp³-hybridized carbons (Fsp3) is 0.0476. The maximum absolute atomic E-state index is 4.56. The van der Waals surface area contributed by atoms with Crippen molar-refractivity contribution in [2.75, 3.05) is 0 Å². The molecule has 432 valence electrons. The van der Waals surface area contributed by atoms with Gasteiger partial charge < -0.3 is 0 Å². The Morgan fingerprint density at radius 2 is 0.348 bits per heavy atom. The summed E-state index contributed by atoms with van der Waals surface area (Å²) in [6, 6.07) is 109. The first-order valence-corrected chi connectivity index (χ1v) is 38.8. The molecule has 0 aromatic heterocycles. The molecule has 0 unspecified atom stereocenters. The Morgan fingerprint density at radius 1 is 0.202 bits per heavy atom. The summed E-state index contributed by atoms with van der Waals surface area (Å²) in [5.41, 5.74) is 23.4. The van der Waals surface area contributed by atoms with Crippen LogP contribution in [0, 0.1) is 27.7 Å². The van der Waals surface area contributed by atoms with Gasteiger partial charge in [0.05, 0.1) is 0 Å². The number of hydrogen-bond donors (Lipinski definition) is 0. The van der Waals surface area contributed by atoms with Gasteiger partial charge in [-0.3, -0.25) is 0 Å². The van der Waals surface area contributed by atoms with Gasteiger partial charge in [0.1, 0.15) is 0 Å². The monoisotopic (exact) mass is 1510 g/mol. The zero-order valence-electron chi connectivity index (χ0n) is 50.0. The summed E-state index contributed by atoms with van der Waals surface area (Å²) in [6.45, 7) is 8.58. The van der Waals surface area contributed by atoms with Crippen LogP contribution in [0.1, 0.15) is 89.0 Å². The molecule has 0 saturated carbocycles. The van der Waals surface area contributed by atoms with E-state index in [1.807, 2.05) is 0 Å². The van der Waals surface area contributed by atoms with Crippen LogP contribution in [0.15, 0.2) is 309 Å². The predicted molar refractivity (Wildman–Crippen MR) is 399 cm³/mol. The van der Waals surface area contributed by atoms with Crippen molar-refractivity contribution in [3.63, 3.8) is 0 Å². The first kappa shape index (κ1) is 61.6. The summed E-state index contributed by atoms with van der Waals surface area (Å²) in [5.74, 6) is 0. The molecule has 0 N–H and O–H groups in total. The molecule has 0 amide bonds. The van der Waals surface area contributed by atoms with E-state index in [2.05, 4.69) is 407 Å². The normalized spacial score (nSPS) is 12.3. The van der Waals surface area contributed by atoms with Crippen LogP contribution in [0.4, 0.5) is 0 Å². The van der Waals surface area contributed by atoms with E-state index in [9.17, 15) is 0 Å². The third-order valence-electron chi connectivity index (χ3n) is 16.7. The first-order chi connectivity index (χ1) is 43.3. The van der Waals surface area contributed by atoms with E-state index in [1.54, 1.807) is 0 Å². The van der Waals surface area contributed by atoms with Gasteiger partial charge in [-0.25, -0.2) is 0 Å². The fourth-order valence-electron chi connectivity index (χ4n) is 11.8. The molecule has 12 aromatic carbocycles. The van der Waals surface area contributed by atoms with Crippen LogP contribution in [0.5, 0.6) is 0 Å². The van der Waals surface area contributed by atoms with Gasteiger partial charge in [-0.1, -0.05) is 0 Å². The molecule has 0 aliphatic carbocycles. The van der Waals surface area contributed by atoms with Gasteiger partial charge in [-0.05, 0) is 0 Å². The van der Waals surface area contributed by atoms with Crippen LogP contribution in [-0.4, -0.2) is 18.4 Å². The number of aryl methyl sites for hydroxylation is 4. The van der Waals surface area contributed by atoms with E-state index in [4.69, 9.17) is 0 Å². The maximum atomic E-state index is 3.73. The Balaban J connectivity index is 1.10. The van der Waals surface area contributed by atoms with Crippen molar-refractivity contribution >= 4 is 143 Å². The SMILES string of the molecule is Cc1ccc(/C=C(/c2ccc(Br)cc2)c2cc[c]([Sn]([c]3ccc(/C(=C\c4ccc(C)cc4)c4ccc(Br)cc4)cc3)([c]3ccc(/C(=C\c4ccc(C)cc4)c4ccc(Br)cc4)cc3)[c]3ccc(/C(=C\c4ccc(C)cc4)c4ccc(Br)cc4)cc3)cc2)cc1. The van der Waals surface area contributed by atoms with Crippen LogP contribution in [0.25, 0.3) is 46.6 Å². The van der Waals surface area contributed by atoms with Crippen molar-refractivity contribution in [1.29, 1.82) is 0 Å². The second kappa shape index (κ2) is 28.0. The van der Waals surface area contributed by atoms with Gasteiger partial charge in [0.2, 0.25) is 0 Å². The van der Waals surface area contributed by atoms with Gasteiger partial charge in [-0.15, -0.1) is 0 Å². The Kier molecular flexibility index (Phi) is 19.4. The average Bonchev–Trinajstić information content (AvgIpc) is 0.856. The van der Waals surface area contributed by atoms with Crippen LogP contribution in [0.2, 0.25) is 0 Å². The molecular weight excluding hydrogens is 1450 g/mol. The summed E-state index contributed by atoms with van der Waals surface area (Å²) < 4.78 is 9.57. The summed E-state index contributed by atoms with van der Waals surface area (Å²) in [7, 11) is 0. The molecule has 0 nitrogen and oxygen atoms in total. The number of hydrogen-bond acceptors (Lipinski definition) is 0. The predicted octanol–water partition coefficient (Wildman–Crippen LogP) is 21.7. The van der Waals surface area contributed by atoms with E-state index in [0.717, 1.165) is 107 Å². The third kappa shape index (κ3) is 14.5. The second-order valence-corrected chi connectivity index (χ2v) is 37.5. The van der Waals surface area contributed by atoms with E-state index in [-0.39, 0.29) is 0 Å². The molecule has 5 heteroatoms. The second-order valence-electron chi connectivity index (χ2n) is 23.0. The van der Waals surface area contributed by atoms with Gasteiger partial charge in [0.15, 0.2) is 0 Å². The minimum atomic E-state index is -4.56. The van der Waals surface area contributed by atoms with E-state index in [0.29, 0.717) is 0 Å². The number of halogens is 4. The molecule has 0 bridgehead atoms. The summed E-state index contributed by atoms with van der Waals surface area (Å²) in [4.78, 5) is 0. The molecule has 0 fully saturated rings. The zero-order chi connectivity index (χ0) is 61.4. The molecule has 0 radical (unpaired) electrons. The van der Waals surface area contributed by atoms with Crippen molar-refractivity contribution in [2.45, 2.75) is 27.7 Å². The third-order valence-corrected chi connectivity index (χ3v) is 32.5. The molecule has 0 aliphatic rings. The topological polar surface area (TPSA) is 0 Å². The fourth-order valence-corrected chi connectivity index (χ4v) is 26.1. The molecule has 0 aliphatic heterocycles. The average molecular weight is 1510 g/mol. The van der Waals surface area contributed by atoms with E-state index < -0.39 is 18.4 Å². The Hall–Kier alpha value is -7.68. The molecule has 0 heterocycles. The number of rotatable bonds is 16. The van der Waals surface area contributed by atoms with Crippen molar-refractivity contribution in [1.82, 2.24) is 0 Å². The van der Waals surface area contributed by atoms with Gasteiger partial charge in [-0.2, -0.15) is 0 Å². The van der Waals surface area contributed by atoms with E-state index in [1.165, 1.54) is 36.6 Å². The molecule has 0 spiro atoms. The van der Waals surface area contributed by atoms with Gasteiger partial charge in [0.25, 0.3) is 0 Å². The van der Waals surface area contributed by atoms with Crippen molar-refractivity contribution in [3.8, 4) is 0 Å². The first-order valence-electron chi connectivity index (χ1n) is 29.9. The summed E-state index contributed by atoms with van der Waals surface area (Å²) in [5, 5.41) is 0. The Bertz CT molecular complexity index is 3920. The molecular formula is C84H64Br4Sn. The van der Waals surface area contributed by atoms with Crippen LogP contribution < -0.4 is 14.3 Å². The summed E-state index contributed by atoms with van der Waals surface area (Å²) >= 11 is 10.3.